The van der Waals surface area contributed by atoms with Crippen molar-refractivity contribution in [1.29, 1.82) is 5.26 Å². The van der Waals surface area contributed by atoms with E-state index in [0.29, 0.717) is 11.3 Å². The van der Waals surface area contributed by atoms with Crippen LogP contribution in [0.5, 0.6) is 0 Å². The van der Waals surface area contributed by atoms with Gasteiger partial charge in [0.25, 0.3) is 0 Å². The largest absolute Gasteiger partial charge is 0.379 e. The molecule has 0 radical (unpaired) electrons. The fourth-order valence-electron chi connectivity index (χ4n) is 1.17. The molecule has 2 nitrogen and oxygen atoms in total. The number of nitrogens with one attached hydrogen (secondary N) is 1. The molecular weight excluding hydrogens is 191 g/mol. The van der Waals surface area contributed by atoms with Gasteiger partial charge >= 0.3 is 0 Å². The van der Waals surface area contributed by atoms with E-state index >= 15 is 0 Å². The molecule has 0 aromatic heterocycles. The molecule has 0 aliphatic heterocycles. The Hall–Kier alpha value is -1.56. The summed E-state index contributed by atoms with van der Waals surface area (Å²) >= 11 is 0. The maximum Gasteiger partial charge on any atom is 0.124 e. The Labute approximate surface area is 89.7 Å². The van der Waals surface area contributed by atoms with Crippen LogP contribution in [0, 0.1) is 17.1 Å². The van der Waals surface area contributed by atoms with E-state index < -0.39 is 0 Å². The van der Waals surface area contributed by atoms with Gasteiger partial charge in [0, 0.05) is 5.54 Å². The second-order valence-corrected chi connectivity index (χ2v) is 4.16. The summed E-state index contributed by atoms with van der Waals surface area (Å²) in [6, 6.07) is 6.18. The van der Waals surface area contributed by atoms with Crippen LogP contribution in [0.25, 0.3) is 0 Å². The Balaban J connectivity index is 3.01. The molecule has 80 valence electrons. The number of benzene rings is 1. The molecular formula is C12H15FN2. The predicted octanol–water partition coefficient (Wildman–Crippen LogP) is 3.30. The van der Waals surface area contributed by atoms with Gasteiger partial charge in [0.15, 0.2) is 0 Å². The average Bonchev–Trinajstić information content (AvgIpc) is 2.20. The quantitative estimate of drug-likeness (QED) is 0.823. The molecule has 0 saturated carbocycles. The van der Waals surface area contributed by atoms with E-state index in [9.17, 15) is 4.39 Å². The van der Waals surface area contributed by atoms with Crippen molar-refractivity contribution < 1.29 is 4.39 Å². The summed E-state index contributed by atoms with van der Waals surface area (Å²) in [5.74, 6) is -0.383. The molecule has 0 amide bonds. The van der Waals surface area contributed by atoms with Crippen LogP contribution in [-0.4, -0.2) is 5.54 Å². The van der Waals surface area contributed by atoms with E-state index in [2.05, 4.69) is 12.2 Å². The topological polar surface area (TPSA) is 35.8 Å². The maximum atomic E-state index is 12.9. The van der Waals surface area contributed by atoms with Crippen LogP contribution in [0.2, 0.25) is 0 Å². The van der Waals surface area contributed by atoms with Gasteiger partial charge in [0.05, 0.1) is 11.3 Å². The molecule has 3 heteroatoms. The summed E-state index contributed by atoms with van der Waals surface area (Å²) in [5.41, 5.74) is 0.936. The Bertz CT molecular complexity index is 391. The molecule has 1 aromatic rings. The number of hydrogen-bond donors (Lipinski definition) is 1. The average molecular weight is 206 g/mol. The standard InChI is InChI=1S/C12H15FN2/c1-4-12(2,3)15-11-6-5-10(13)7-9(11)8-14/h5-7,15H,4H2,1-3H3. The SMILES string of the molecule is CCC(C)(C)Nc1ccc(F)cc1C#N. The lowest BCUT2D eigenvalue weighted by molar-refractivity contribution is 0.546. The predicted molar refractivity (Wildman–Crippen MR) is 59.1 cm³/mol. The summed E-state index contributed by atoms with van der Waals surface area (Å²) in [6.45, 7) is 6.14. The third kappa shape index (κ3) is 2.95. The third-order valence-corrected chi connectivity index (χ3v) is 2.46. The first-order valence-corrected chi connectivity index (χ1v) is 4.96. The first-order chi connectivity index (χ1) is 6.98. The normalized spacial score (nSPS) is 10.9. The number of anilines is 1. The minimum atomic E-state index is -0.383. The lowest BCUT2D eigenvalue weighted by Gasteiger charge is -2.26. The second-order valence-electron chi connectivity index (χ2n) is 4.16. The molecule has 15 heavy (non-hydrogen) atoms. The zero-order chi connectivity index (χ0) is 11.5. The van der Waals surface area contributed by atoms with Crippen molar-refractivity contribution in [3.05, 3.63) is 29.6 Å². The highest BCUT2D eigenvalue weighted by Crippen LogP contribution is 2.22. The first kappa shape index (κ1) is 11.5. The van der Waals surface area contributed by atoms with Crippen molar-refractivity contribution in [2.75, 3.05) is 5.32 Å². The summed E-state index contributed by atoms with van der Waals surface area (Å²) in [7, 11) is 0. The number of nitrogens with zero attached hydrogens (tertiary/aromatic N) is 1. The Morgan fingerprint density at radius 1 is 1.47 bits per heavy atom. The highest BCUT2D eigenvalue weighted by molar-refractivity contribution is 5.58. The molecule has 0 aliphatic carbocycles. The summed E-state index contributed by atoms with van der Waals surface area (Å²) in [4.78, 5) is 0. The van der Waals surface area contributed by atoms with Crippen LogP contribution < -0.4 is 5.32 Å². The van der Waals surface area contributed by atoms with Gasteiger partial charge in [-0.05, 0) is 38.5 Å². The molecule has 0 spiro atoms. The molecule has 0 fully saturated rings. The van der Waals surface area contributed by atoms with Crippen molar-refractivity contribution in [2.45, 2.75) is 32.7 Å². The van der Waals surface area contributed by atoms with E-state index in [0.717, 1.165) is 6.42 Å². The van der Waals surface area contributed by atoms with Crippen LogP contribution in [-0.2, 0) is 0 Å². The fourth-order valence-corrected chi connectivity index (χ4v) is 1.17. The lowest BCUT2D eigenvalue weighted by atomic mass is 10.0. The van der Waals surface area contributed by atoms with Gasteiger partial charge < -0.3 is 5.32 Å². The van der Waals surface area contributed by atoms with Crippen LogP contribution >= 0.6 is 0 Å². The summed E-state index contributed by atoms with van der Waals surface area (Å²) in [6.07, 6.45) is 0.926. The number of rotatable bonds is 3. The van der Waals surface area contributed by atoms with Gasteiger partial charge in [-0.1, -0.05) is 6.92 Å². The van der Waals surface area contributed by atoms with Gasteiger partial charge in [-0.2, -0.15) is 5.26 Å². The molecule has 0 unspecified atom stereocenters. The molecule has 1 N–H and O–H groups in total. The molecule has 1 aromatic carbocycles. The molecule has 0 atom stereocenters. The minimum absolute atomic E-state index is 0.0938. The van der Waals surface area contributed by atoms with Crippen LogP contribution in [0.1, 0.15) is 32.8 Å². The summed E-state index contributed by atoms with van der Waals surface area (Å²) < 4.78 is 12.9. The summed E-state index contributed by atoms with van der Waals surface area (Å²) in [5, 5.41) is 12.1. The molecule has 0 aliphatic rings. The van der Waals surface area contributed by atoms with Gasteiger partial charge in [0.1, 0.15) is 11.9 Å². The smallest absolute Gasteiger partial charge is 0.124 e. The number of halogens is 1. The Morgan fingerprint density at radius 3 is 2.67 bits per heavy atom. The lowest BCUT2D eigenvalue weighted by Crippen LogP contribution is -2.30. The van der Waals surface area contributed by atoms with Crippen molar-refractivity contribution in [1.82, 2.24) is 0 Å². The third-order valence-electron chi connectivity index (χ3n) is 2.46. The Morgan fingerprint density at radius 2 is 2.13 bits per heavy atom. The van der Waals surface area contributed by atoms with Gasteiger partial charge in [-0.3, -0.25) is 0 Å². The van der Waals surface area contributed by atoms with E-state index in [-0.39, 0.29) is 11.4 Å². The zero-order valence-electron chi connectivity index (χ0n) is 9.26. The number of nitriles is 1. The first-order valence-electron chi connectivity index (χ1n) is 4.96. The van der Waals surface area contributed by atoms with E-state index in [1.54, 1.807) is 6.07 Å². The van der Waals surface area contributed by atoms with Crippen molar-refractivity contribution >= 4 is 5.69 Å². The zero-order valence-corrected chi connectivity index (χ0v) is 9.26. The van der Waals surface area contributed by atoms with Crippen molar-refractivity contribution in [3.63, 3.8) is 0 Å². The highest BCUT2D eigenvalue weighted by Gasteiger charge is 2.16. The number of hydrogen-bond acceptors (Lipinski definition) is 2. The molecule has 0 saturated heterocycles. The van der Waals surface area contributed by atoms with Crippen LogP contribution in [0.3, 0.4) is 0 Å². The van der Waals surface area contributed by atoms with Gasteiger partial charge in [0.2, 0.25) is 0 Å². The Kier molecular flexibility index (Phi) is 3.31. The fraction of sp³-hybridized carbons (Fsp3) is 0.417. The van der Waals surface area contributed by atoms with E-state index in [4.69, 9.17) is 5.26 Å². The minimum Gasteiger partial charge on any atom is -0.379 e. The van der Waals surface area contributed by atoms with Crippen molar-refractivity contribution in [3.8, 4) is 6.07 Å². The van der Waals surface area contributed by atoms with E-state index in [1.165, 1.54) is 12.1 Å². The van der Waals surface area contributed by atoms with E-state index in [1.807, 2.05) is 19.9 Å². The van der Waals surface area contributed by atoms with Crippen molar-refractivity contribution in [2.24, 2.45) is 0 Å². The van der Waals surface area contributed by atoms with Crippen LogP contribution in [0.15, 0.2) is 18.2 Å². The van der Waals surface area contributed by atoms with Gasteiger partial charge in [-0.25, -0.2) is 4.39 Å². The highest BCUT2D eigenvalue weighted by atomic mass is 19.1. The monoisotopic (exact) mass is 206 g/mol. The van der Waals surface area contributed by atoms with Gasteiger partial charge in [-0.15, -0.1) is 0 Å². The maximum absolute atomic E-state index is 12.9. The van der Waals surface area contributed by atoms with Crippen LogP contribution in [0.4, 0.5) is 10.1 Å². The molecule has 0 heterocycles. The molecule has 1 rings (SSSR count). The second kappa shape index (κ2) is 4.31. The molecule has 0 bridgehead atoms.